The number of piperazine rings is 1. The van der Waals surface area contributed by atoms with Gasteiger partial charge in [-0.1, -0.05) is 18.2 Å². The Morgan fingerprint density at radius 3 is 2.55 bits per heavy atom. The molecule has 1 saturated heterocycles. The highest BCUT2D eigenvalue weighted by Gasteiger charge is 2.16. The van der Waals surface area contributed by atoms with Gasteiger partial charge in [0.2, 0.25) is 6.79 Å². The number of nitrogens with zero attached hydrogens (tertiary/aromatic N) is 2. The number of para-hydroxylation sites is 1. The molecule has 0 saturated carbocycles. The molecule has 2 aliphatic heterocycles. The summed E-state index contributed by atoms with van der Waals surface area (Å²) in [4.78, 5) is 5.00. The predicted molar refractivity (Wildman–Crippen MR) is 85.4 cm³/mol. The lowest BCUT2D eigenvalue weighted by atomic mass is 10.2. The van der Waals surface area contributed by atoms with Crippen LogP contribution in [0.1, 0.15) is 12.8 Å². The van der Waals surface area contributed by atoms with E-state index in [1.807, 2.05) is 0 Å². The number of ether oxygens (including phenoxy) is 3. The third kappa shape index (κ3) is 4.31. The summed E-state index contributed by atoms with van der Waals surface area (Å²) in [6, 6.07) is 10.7. The Hall–Kier alpha value is -1.88. The first kappa shape index (κ1) is 15.0. The maximum Gasteiger partial charge on any atom is 0.318 e. The summed E-state index contributed by atoms with van der Waals surface area (Å²) in [7, 11) is 0. The Labute approximate surface area is 132 Å². The van der Waals surface area contributed by atoms with E-state index in [1.165, 1.54) is 11.9 Å². The van der Waals surface area contributed by atoms with Crippen molar-refractivity contribution >= 4 is 5.69 Å². The molecule has 22 heavy (non-hydrogen) atoms. The van der Waals surface area contributed by atoms with Crippen molar-refractivity contribution in [1.82, 2.24) is 4.90 Å². The van der Waals surface area contributed by atoms with Crippen molar-refractivity contribution < 1.29 is 14.2 Å². The van der Waals surface area contributed by atoms with Gasteiger partial charge in [0.05, 0.1) is 6.61 Å². The molecule has 0 aliphatic carbocycles. The van der Waals surface area contributed by atoms with Gasteiger partial charge in [-0.25, -0.2) is 0 Å². The van der Waals surface area contributed by atoms with Crippen LogP contribution in [0.3, 0.4) is 0 Å². The molecule has 0 radical (unpaired) electrons. The van der Waals surface area contributed by atoms with E-state index in [2.05, 4.69) is 40.1 Å². The first-order chi connectivity index (χ1) is 10.9. The Bertz CT molecular complexity index is 470. The molecule has 3 rings (SSSR count). The molecular formula is C17H24N2O3. The highest BCUT2D eigenvalue weighted by Crippen LogP contribution is 2.15. The van der Waals surface area contributed by atoms with E-state index in [-0.39, 0.29) is 6.79 Å². The van der Waals surface area contributed by atoms with Gasteiger partial charge in [0, 0.05) is 31.9 Å². The molecule has 0 aromatic heterocycles. The average Bonchev–Trinajstić information content (AvgIpc) is 3.09. The SMILES string of the molecule is C1=C(OCCCCN2CCN(c3ccccc3)CC2)OCO1. The number of benzene rings is 1. The van der Waals surface area contributed by atoms with Crippen molar-refractivity contribution in [3.8, 4) is 0 Å². The van der Waals surface area contributed by atoms with Crippen LogP contribution < -0.4 is 4.90 Å². The smallest absolute Gasteiger partial charge is 0.318 e. The van der Waals surface area contributed by atoms with E-state index in [1.54, 1.807) is 0 Å². The van der Waals surface area contributed by atoms with Crippen LogP contribution in [0.4, 0.5) is 5.69 Å². The molecule has 5 heteroatoms. The molecule has 1 aromatic rings. The van der Waals surface area contributed by atoms with E-state index < -0.39 is 0 Å². The van der Waals surface area contributed by atoms with E-state index in [9.17, 15) is 0 Å². The second kappa shape index (κ2) is 7.94. The van der Waals surface area contributed by atoms with Crippen LogP contribution >= 0.6 is 0 Å². The molecular weight excluding hydrogens is 280 g/mol. The molecule has 5 nitrogen and oxygen atoms in total. The third-order valence-corrected chi connectivity index (χ3v) is 4.06. The zero-order valence-corrected chi connectivity index (χ0v) is 12.9. The molecule has 0 N–H and O–H groups in total. The van der Waals surface area contributed by atoms with Crippen molar-refractivity contribution in [2.45, 2.75) is 12.8 Å². The molecule has 0 bridgehead atoms. The van der Waals surface area contributed by atoms with Crippen LogP contribution in [-0.4, -0.2) is 51.0 Å². The summed E-state index contributed by atoms with van der Waals surface area (Å²) in [6.07, 6.45) is 3.72. The van der Waals surface area contributed by atoms with E-state index in [0.29, 0.717) is 12.6 Å². The predicted octanol–water partition coefficient (Wildman–Crippen LogP) is 2.41. The minimum absolute atomic E-state index is 0.279. The Morgan fingerprint density at radius 1 is 1.00 bits per heavy atom. The summed E-state index contributed by atoms with van der Waals surface area (Å²) < 4.78 is 15.5. The highest BCUT2D eigenvalue weighted by atomic mass is 16.8. The van der Waals surface area contributed by atoms with Gasteiger partial charge < -0.3 is 19.1 Å². The molecule has 0 atom stereocenters. The summed E-state index contributed by atoms with van der Waals surface area (Å²) in [6.45, 7) is 6.61. The maximum atomic E-state index is 5.45. The lowest BCUT2D eigenvalue weighted by molar-refractivity contribution is 0.00678. The van der Waals surface area contributed by atoms with Gasteiger partial charge in [0.15, 0.2) is 6.26 Å². The van der Waals surface area contributed by atoms with Crippen LogP contribution in [0.5, 0.6) is 0 Å². The number of unbranched alkanes of at least 4 members (excludes halogenated alkanes) is 1. The normalized spacial score (nSPS) is 18.5. The van der Waals surface area contributed by atoms with Crippen molar-refractivity contribution in [1.29, 1.82) is 0 Å². The van der Waals surface area contributed by atoms with Crippen LogP contribution in [0.2, 0.25) is 0 Å². The van der Waals surface area contributed by atoms with Gasteiger partial charge in [-0.3, -0.25) is 4.90 Å². The lowest BCUT2D eigenvalue weighted by Crippen LogP contribution is -2.46. The topological polar surface area (TPSA) is 34.2 Å². The van der Waals surface area contributed by atoms with E-state index in [0.717, 1.165) is 45.6 Å². The van der Waals surface area contributed by atoms with Gasteiger partial charge in [0.1, 0.15) is 0 Å². The van der Waals surface area contributed by atoms with Crippen molar-refractivity contribution in [2.24, 2.45) is 0 Å². The van der Waals surface area contributed by atoms with Crippen LogP contribution in [0.15, 0.2) is 42.5 Å². The largest absolute Gasteiger partial charge is 0.463 e. The second-order valence-electron chi connectivity index (χ2n) is 5.59. The van der Waals surface area contributed by atoms with Crippen molar-refractivity contribution in [2.75, 3.05) is 51.0 Å². The Kier molecular flexibility index (Phi) is 5.42. The van der Waals surface area contributed by atoms with Crippen LogP contribution in [0, 0.1) is 0 Å². The molecule has 0 spiro atoms. The standard InChI is InChI=1S/C17H24N2O3/c1-2-6-16(7-3-1)19-11-9-18(10-12-19)8-4-5-13-21-17-14-20-15-22-17/h1-3,6-7,14H,4-5,8-13,15H2. The number of hydrogen-bond acceptors (Lipinski definition) is 5. The minimum Gasteiger partial charge on any atom is -0.463 e. The van der Waals surface area contributed by atoms with Gasteiger partial charge in [-0.05, 0) is 31.5 Å². The highest BCUT2D eigenvalue weighted by molar-refractivity contribution is 5.46. The van der Waals surface area contributed by atoms with Gasteiger partial charge in [0.25, 0.3) is 0 Å². The monoisotopic (exact) mass is 304 g/mol. The van der Waals surface area contributed by atoms with E-state index in [4.69, 9.17) is 14.2 Å². The van der Waals surface area contributed by atoms with E-state index >= 15 is 0 Å². The van der Waals surface area contributed by atoms with Gasteiger partial charge >= 0.3 is 5.95 Å². The third-order valence-electron chi connectivity index (χ3n) is 4.06. The minimum atomic E-state index is 0.279. The average molecular weight is 304 g/mol. The summed E-state index contributed by atoms with van der Waals surface area (Å²) >= 11 is 0. The number of hydrogen-bond donors (Lipinski definition) is 0. The Morgan fingerprint density at radius 2 is 1.82 bits per heavy atom. The summed E-state index contributed by atoms with van der Waals surface area (Å²) in [5.74, 6) is 0.511. The molecule has 120 valence electrons. The van der Waals surface area contributed by atoms with Crippen molar-refractivity contribution in [3.63, 3.8) is 0 Å². The first-order valence-corrected chi connectivity index (χ1v) is 8.01. The molecule has 1 aromatic carbocycles. The fourth-order valence-corrected chi connectivity index (χ4v) is 2.78. The quantitative estimate of drug-likeness (QED) is 0.723. The number of anilines is 1. The fraction of sp³-hybridized carbons (Fsp3) is 0.529. The molecule has 0 unspecified atom stereocenters. The zero-order valence-electron chi connectivity index (χ0n) is 12.9. The van der Waals surface area contributed by atoms with Crippen LogP contribution in [-0.2, 0) is 14.2 Å². The lowest BCUT2D eigenvalue weighted by Gasteiger charge is -2.36. The summed E-state index contributed by atoms with van der Waals surface area (Å²) in [5, 5.41) is 0. The van der Waals surface area contributed by atoms with Gasteiger partial charge in [-0.2, -0.15) is 0 Å². The molecule has 2 heterocycles. The zero-order chi connectivity index (χ0) is 15.0. The number of rotatable bonds is 7. The fourth-order valence-electron chi connectivity index (χ4n) is 2.78. The molecule has 0 amide bonds. The van der Waals surface area contributed by atoms with Gasteiger partial charge in [-0.15, -0.1) is 0 Å². The molecule has 1 fully saturated rings. The maximum absolute atomic E-state index is 5.45. The molecule has 2 aliphatic rings. The second-order valence-corrected chi connectivity index (χ2v) is 5.59. The van der Waals surface area contributed by atoms with Crippen molar-refractivity contribution in [3.05, 3.63) is 42.5 Å². The van der Waals surface area contributed by atoms with Crippen LogP contribution in [0.25, 0.3) is 0 Å². The summed E-state index contributed by atoms with van der Waals surface area (Å²) in [5.41, 5.74) is 1.34. The Balaban J connectivity index is 1.27. The first-order valence-electron chi connectivity index (χ1n) is 8.01.